The van der Waals surface area contributed by atoms with Gasteiger partial charge in [0.05, 0.1) is 12.2 Å². The van der Waals surface area contributed by atoms with Gasteiger partial charge in [0.2, 0.25) is 10.0 Å². The first-order valence-corrected chi connectivity index (χ1v) is 10.7. The first-order chi connectivity index (χ1) is 12.7. The molecule has 7 nitrogen and oxygen atoms in total. The number of hydrogen-bond acceptors (Lipinski definition) is 6. The van der Waals surface area contributed by atoms with Gasteiger partial charge < -0.3 is 9.15 Å². The Bertz CT molecular complexity index is 1030. The van der Waals surface area contributed by atoms with Crippen LogP contribution in [-0.4, -0.2) is 38.0 Å². The standard InChI is InChI=1S/C19H23NO6S/c1-12-4-5-16-15(10-17(21)26-18(16)13(12)2)11-25-19(22)14-6-8-20(9-7-14)27(3,23)24/h4-5,10,14H,6-9,11H2,1-3H3. The zero-order valence-electron chi connectivity index (χ0n) is 15.6. The number of rotatable bonds is 4. The molecule has 146 valence electrons. The number of fused-ring (bicyclic) bond motifs is 1. The van der Waals surface area contributed by atoms with E-state index in [0.29, 0.717) is 37.1 Å². The first kappa shape index (κ1) is 19.6. The lowest BCUT2D eigenvalue weighted by Crippen LogP contribution is -2.40. The van der Waals surface area contributed by atoms with E-state index >= 15 is 0 Å². The van der Waals surface area contributed by atoms with Crippen LogP contribution >= 0.6 is 0 Å². The Hall–Kier alpha value is -2.19. The Kier molecular flexibility index (Phi) is 5.39. The molecule has 8 heteroatoms. The lowest BCUT2D eigenvalue weighted by Gasteiger charge is -2.28. The summed E-state index contributed by atoms with van der Waals surface area (Å²) in [5.74, 6) is -0.702. The molecule has 27 heavy (non-hydrogen) atoms. The molecule has 0 unspecified atom stereocenters. The van der Waals surface area contributed by atoms with E-state index in [1.807, 2.05) is 26.0 Å². The highest BCUT2D eigenvalue weighted by Gasteiger charge is 2.30. The lowest BCUT2D eigenvalue weighted by atomic mass is 9.98. The number of benzene rings is 1. The minimum Gasteiger partial charge on any atom is -0.461 e. The van der Waals surface area contributed by atoms with E-state index in [9.17, 15) is 18.0 Å². The van der Waals surface area contributed by atoms with Crippen molar-refractivity contribution in [2.75, 3.05) is 19.3 Å². The molecule has 1 aliphatic heterocycles. The quantitative estimate of drug-likeness (QED) is 0.583. The average Bonchev–Trinajstić information content (AvgIpc) is 2.62. The molecule has 0 atom stereocenters. The fourth-order valence-electron chi connectivity index (χ4n) is 3.33. The zero-order chi connectivity index (χ0) is 19.8. The number of carbonyl (C=O) groups is 1. The predicted molar refractivity (Wildman–Crippen MR) is 101 cm³/mol. The molecule has 1 aromatic carbocycles. The zero-order valence-corrected chi connectivity index (χ0v) is 16.5. The monoisotopic (exact) mass is 393 g/mol. The van der Waals surface area contributed by atoms with Crippen LogP contribution in [0.4, 0.5) is 0 Å². The number of sulfonamides is 1. The summed E-state index contributed by atoms with van der Waals surface area (Å²) in [6.45, 7) is 4.43. The SMILES string of the molecule is Cc1ccc2c(COC(=O)C3CCN(S(C)(=O)=O)CC3)cc(=O)oc2c1C. The highest BCUT2D eigenvalue weighted by Crippen LogP contribution is 2.25. The van der Waals surface area contributed by atoms with Gasteiger partial charge in [-0.1, -0.05) is 12.1 Å². The number of ether oxygens (including phenoxy) is 1. The molecule has 0 spiro atoms. The molecule has 0 bridgehead atoms. The lowest BCUT2D eigenvalue weighted by molar-refractivity contribution is -0.151. The summed E-state index contributed by atoms with van der Waals surface area (Å²) in [5, 5.41) is 0.748. The Balaban J connectivity index is 1.71. The number of carbonyl (C=O) groups excluding carboxylic acids is 1. The molecule has 2 aromatic rings. The van der Waals surface area contributed by atoms with Crippen LogP contribution in [0.1, 0.15) is 29.5 Å². The van der Waals surface area contributed by atoms with Crippen LogP contribution in [0.2, 0.25) is 0 Å². The van der Waals surface area contributed by atoms with Gasteiger partial charge in [-0.25, -0.2) is 17.5 Å². The Labute approximate surface area is 158 Å². The van der Waals surface area contributed by atoms with Gasteiger partial charge in [0.1, 0.15) is 12.2 Å². The highest BCUT2D eigenvalue weighted by atomic mass is 32.2. The Morgan fingerprint density at radius 1 is 1.26 bits per heavy atom. The molecular weight excluding hydrogens is 370 g/mol. The maximum absolute atomic E-state index is 12.4. The number of hydrogen-bond donors (Lipinski definition) is 0. The van der Waals surface area contributed by atoms with Crippen LogP contribution in [0.25, 0.3) is 11.0 Å². The first-order valence-electron chi connectivity index (χ1n) is 8.81. The normalized spacial score (nSPS) is 16.6. The summed E-state index contributed by atoms with van der Waals surface area (Å²) in [4.78, 5) is 24.3. The third-order valence-electron chi connectivity index (χ3n) is 5.14. The second kappa shape index (κ2) is 7.44. The molecule has 1 fully saturated rings. The van der Waals surface area contributed by atoms with Crippen molar-refractivity contribution in [3.8, 4) is 0 Å². The van der Waals surface area contributed by atoms with E-state index in [0.717, 1.165) is 16.5 Å². The van der Waals surface area contributed by atoms with Gasteiger partial charge in [-0.3, -0.25) is 4.79 Å². The molecule has 0 saturated carbocycles. The van der Waals surface area contributed by atoms with Crippen LogP contribution in [0, 0.1) is 19.8 Å². The predicted octanol–water partition coefficient (Wildman–Crippen LogP) is 2.12. The van der Waals surface area contributed by atoms with Gasteiger partial charge in [0.15, 0.2) is 0 Å². The number of aryl methyl sites for hydroxylation is 2. The summed E-state index contributed by atoms with van der Waals surface area (Å²) < 4.78 is 35.2. The van der Waals surface area contributed by atoms with Gasteiger partial charge in [-0.05, 0) is 37.8 Å². The van der Waals surface area contributed by atoms with Crippen molar-refractivity contribution in [2.45, 2.75) is 33.3 Å². The van der Waals surface area contributed by atoms with Crippen molar-refractivity contribution in [1.82, 2.24) is 4.31 Å². The molecular formula is C19H23NO6S. The second-order valence-corrected chi connectivity index (χ2v) is 9.00. The molecule has 1 aromatic heterocycles. The highest BCUT2D eigenvalue weighted by molar-refractivity contribution is 7.88. The third-order valence-corrected chi connectivity index (χ3v) is 6.45. The van der Waals surface area contributed by atoms with Gasteiger partial charge >= 0.3 is 11.6 Å². The molecule has 0 radical (unpaired) electrons. The number of piperidine rings is 1. The van der Waals surface area contributed by atoms with E-state index in [1.165, 1.54) is 16.6 Å². The fraction of sp³-hybridized carbons (Fsp3) is 0.474. The Morgan fingerprint density at radius 3 is 2.56 bits per heavy atom. The van der Waals surface area contributed by atoms with Crippen LogP contribution in [0.15, 0.2) is 27.4 Å². The van der Waals surface area contributed by atoms with Gasteiger partial charge in [0.25, 0.3) is 0 Å². The Morgan fingerprint density at radius 2 is 1.93 bits per heavy atom. The topological polar surface area (TPSA) is 93.9 Å². The van der Waals surface area contributed by atoms with Gasteiger partial charge in [-0.2, -0.15) is 0 Å². The van der Waals surface area contributed by atoms with Gasteiger partial charge in [0, 0.05) is 30.1 Å². The minimum atomic E-state index is -3.23. The largest absolute Gasteiger partial charge is 0.461 e. The van der Waals surface area contributed by atoms with Crippen molar-refractivity contribution in [1.29, 1.82) is 0 Å². The van der Waals surface area contributed by atoms with Crippen LogP contribution in [0.3, 0.4) is 0 Å². The molecule has 0 N–H and O–H groups in total. The van der Waals surface area contributed by atoms with E-state index < -0.39 is 15.6 Å². The number of esters is 1. The summed E-state index contributed by atoms with van der Waals surface area (Å²) in [7, 11) is -3.23. The van der Waals surface area contributed by atoms with Crippen LogP contribution in [0.5, 0.6) is 0 Å². The molecule has 0 aliphatic carbocycles. The molecule has 0 amide bonds. The van der Waals surface area contributed by atoms with Gasteiger partial charge in [-0.15, -0.1) is 0 Å². The molecule has 1 aliphatic rings. The maximum atomic E-state index is 12.4. The summed E-state index contributed by atoms with van der Waals surface area (Å²) in [5.41, 5.74) is 2.52. The summed E-state index contributed by atoms with van der Waals surface area (Å²) in [6.07, 6.45) is 2.03. The smallest absolute Gasteiger partial charge is 0.336 e. The number of nitrogens with zero attached hydrogens (tertiary/aromatic N) is 1. The molecule has 2 heterocycles. The maximum Gasteiger partial charge on any atom is 0.336 e. The van der Waals surface area contributed by atoms with Crippen molar-refractivity contribution < 1.29 is 22.4 Å². The van der Waals surface area contributed by atoms with Crippen molar-refractivity contribution >= 4 is 27.0 Å². The second-order valence-electron chi connectivity index (χ2n) is 7.02. The van der Waals surface area contributed by atoms with E-state index in [-0.39, 0.29) is 18.5 Å². The minimum absolute atomic E-state index is 0.0181. The van der Waals surface area contributed by atoms with Crippen LogP contribution < -0.4 is 5.63 Å². The van der Waals surface area contributed by atoms with E-state index in [2.05, 4.69) is 0 Å². The van der Waals surface area contributed by atoms with Crippen LogP contribution in [-0.2, 0) is 26.2 Å². The van der Waals surface area contributed by atoms with Crippen molar-refractivity contribution in [3.05, 3.63) is 45.3 Å². The molecule has 1 saturated heterocycles. The van der Waals surface area contributed by atoms with Crippen molar-refractivity contribution in [2.24, 2.45) is 5.92 Å². The molecule has 3 rings (SSSR count). The van der Waals surface area contributed by atoms with E-state index in [1.54, 1.807) is 0 Å². The summed E-state index contributed by atoms with van der Waals surface area (Å²) in [6, 6.07) is 5.13. The third kappa shape index (κ3) is 4.22. The average molecular weight is 393 g/mol. The van der Waals surface area contributed by atoms with Crippen molar-refractivity contribution in [3.63, 3.8) is 0 Å². The summed E-state index contributed by atoms with van der Waals surface area (Å²) >= 11 is 0. The van der Waals surface area contributed by atoms with E-state index in [4.69, 9.17) is 9.15 Å². The fourth-order valence-corrected chi connectivity index (χ4v) is 4.21.